The highest BCUT2D eigenvalue weighted by atomic mass is 19.1. The maximum absolute atomic E-state index is 13.4. The molecule has 0 saturated carbocycles. The van der Waals surface area contributed by atoms with Crippen LogP contribution in [0.15, 0.2) is 18.2 Å². The molecule has 5 nitrogen and oxygen atoms in total. The van der Waals surface area contributed by atoms with E-state index < -0.39 is 0 Å². The summed E-state index contributed by atoms with van der Waals surface area (Å²) in [6, 6.07) is 4.61. The van der Waals surface area contributed by atoms with Crippen molar-refractivity contribution in [2.75, 3.05) is 46.0 Å². The first-order chi connectivity index (χ1) is 12.1. The summed E-state index contributed by atoms with van der Waals surface area (Å²) in [6.45, 7) is 8.27. The zero-order valence-corrected chi connectivity index (χ0v) is 15.2. The van der Waals surface area contributed by atoms with Crippen LogP contribution < -0.4 is 10.1 Å². The van der Waals surface area contributed by atoms with Gasteiger partial charge >= 0.3 is 0 Å². The molecule has 1 saturated heterocycles. The fourth-order valence-electron chi connectivity index (χ4n) is 2.89. The summed E-state index contributed by atoms with van der Waals surface area (Å²) in [6.07, 6.45) is 2.36. The Morgan fingerprint density at radius 1 is 1.28 bits per heavy atom. The van der Waals surface area contributed by atoms with Gasteiger partial charge in [-0.2, -0.15) is 0 Å². The van der Waals surface area contributed by atoms with Crippen molar-refractivity contribution in [3.8, 4) is 5.75 Å². The third kappa shape index (κ3) is 7.00. The lowest BCUT2D eigenvalue weighted by atomic mass is 10.0. The van der Waals surface area contributed by atoms with E-state index in [4.69, 9.17) is 9.47 Å². The van der Waals surface area contributed by atoms with Crippen LogP contribution in [-0.2, 0) is 9.53 Å². The van der Waals surface area contributed by atoms with Gasteiger partial charge in [0.2, 0.25) is 5.91 Å². The molecule has 1 aliphatic heterocycles. The Balaban J connectivity index is 0.00000338. The van der Waals surface area contributed by atoms with Crippen molar-refractivity contribution in [3.63, 3.8) is 0 Å². The molecule has 0 radical (unpaired) electrons. The van der Waals surface area contributed by atoms with Gasteiger partial charge in [-0.3, -0.25) is 9.69 Å². The maximum atomic E-state index is 13.4. The predicted molar refractivity (Wildman–Crippen MR) is 97.6 cm³/mol. The molecule has 1 aliphatic rings. The van der Waals surface area contributed by atoms with Gasteiger partial charge in [-0.1, -0.05) is 19.9 Å². The van der Waals surface area contributed by atoms with E-state index >= 15 is 0 Å². The number of carbonyl (C=O) groups excluding carboxylic acids is 1. The molecule has 6 heteroatoms. The monoisotopic (exact) mass is 354 g/mol. The third-order valence-electron chi connectivity index (χ3n) is 4.22. The molecule has 0 bridgehead atoms. The van der Waals surface area contributed by atoms with Crippen molar-refractivity contribution in [3.05, 3.63) is 29.6 Å². The SMILES string of the molecule is CC(C)c1ccc(F)cc1OCCOCCNC(=O)CN1CCCC1.[HH]. The number of benzene rings is 1. The third-order valence-corrected chi connectivity index (χ3v) is 4.22. The number of amides is 1. The minimum Gasteiger partial charge on any atom is -0.491 e. The molecule has 1 aromatic rings. The fourth-order valence-corrected chi connectivity index (χ4v) is 2.89. The molecule has 142 valence electrons. The summed E-state index contributed by atoms with van der Waals surface area (Å²) in [5.74, 6) is 0.573. The van der Waals surface area contributed by atoms with Crippen LogP contribution in [0.3, 0.4) is 0 Å². The Kier molecular flexibility index (Phi) is 8.15. The summed E-state index contributed by atoms with van der Waals surface area (Å²) >= 11 is 0. The molecule has 1 N–H and O–H groups in total. The van der Waals surface area contributed by atoms with Gasteiger partial charge in [0.25, 0.3) is 0 Å². The van der Waals surface area contributed by atoms with Gasteiger partial charge in [0.15, 0.2) is 0 Å². The van der Waals surface area contributed by atoms with E-state index in [0.717, 1.165) is 18.7 Å². The average Bonchev–Trinajstić information content (AvgIpc) is 3.06. The van der Waals surface area contributed by atoms with E-state index in [-0.39, 0.29) is 19.1 Å². The summed E-state index contributed by atoms with van der Waals surface area (Å²) < 4.78 is 24.4. The molecule has 2 rings (SSSR count). The highest BCUT2D eigenvalue weighted by molar-refractivity contribution is 5.78. The van der Waals surface area contributed by atoms with Gasteiger partial charge in [-0.15, -0.1) is 0 Å². The average molecular weight is 354 g/mol. The van der Waals surface area contributed by atoms with Crippen LogP contribution >= 0.6 is 0 Å². The van der Waals surface area contributed by atoms with Gasteiger partial charge in [0.05, 0.1) is 19.8 Å². The van der Waals surface area contributed by atoms with Crippen molar-refractivity contribution in [1.29, 1.82) is 0 Å². The highest BCUT2D eigenvalue weighted by Gasteiger charge is 2.14. The Morgan fingerprint density at radius 3 is 2.76 bits per heavy atom. The smallest absolute Gasteiger partial charge is 0.234 e. The molecule has 25 heavy (non-hydrogen) atoms. The number of ether oxygens (including phenoxy) is 2. The van der Waals surface area contributed by atoms with Crippen LogP contribution in [0, 0.1) is 5.82 Å². The minimum atomic E-state index is -0.305. The Bertz CT molecular complexity index is 552. The molecule has 1 fully saturated rings. The number of hydrogen-bond acceptors (Lipinski definition) is 4. The van der Waals surface area contributed by atoms with Gasteiger partial charge in [-0.25, -0.2) is 4.39 Å². The van der Waals surface area contributed by atoms with E-state index in [1.165, 1.54) is 25.0 Å². The molecule has 0 atom stereocenters. The van der Waals surface area contributed by atoms with Crippen LogP contribution in [0.2, 0.25) is 0 Å². The van der Waals surface area contributed by atoms with Crippen LogP contribution in [0.1, 0.15) is 39.6 Å². The Hall–Kier alpha value is -1.66. The van der Waals surface area contributed by atoms with Crippen LogP contribution in [0.4, 0.5) is 4.39 Å². The maximum Gasteiger partial charge on any atom is 0.234 e. The number of hydrogen-bond donors (Lipinski definition) is 1. The lowest BCUT2D eigenvalue weighted by Crippen LogP contribution is -2.37. The second kappa shape index (κ2) is 10.4. The topological polar surface area (TPSA) is 50.8 Å². The largest absolute Gasteiger partial charge is 0.491 e. The normalized spacial score (nSPS) is 14.9. The number of nitrogens with one attached hydrogen (secondary N) is 1. The van der Waals surface area contributed by atoms with E-state index in [1.807, 2.05) is 13.8 Å². The number of carbonyl (C=O) groups is 1. The molecular weight excluding hydrogens is 323 g/mol. The lowest BCUT2D eigenvalue weighted by Gasteiger charge is -2.15. The summed E-state index contributed by atoms with van der Waals surface area (Å²) in [5, 5.41) is 2.85. The molecule has 1 heterocycles. The standard InChI is InChI=1S/C19H29FN2O3.H2/c1-15(2)17-6-5-16(20)13-18(17)25-12-11-24-10-7-21-19(23)14-22-8-3-4-9-22;/h5-6,13,15H,3-4,7-12,14H2,1-2H3,(H,21,23);1H. The second-order valence-electron chi connectivity index (χ2n) is 6.63. The molecule has 0 spiro atoms. The molecule has 0 aromatic heterocycles. The number of halogens is 1. The van der Waals surface area contributed by atoms with Gasteiger partial charge in [0, 0.05) is 14.0 Å². The first kappa shape index (κ1) is 19.7. The van der Waals surface area contributed by atoms with Crippen molar-refractivity contribution < 1.29 is 20.1 Å². The molecule has 1 amide bonds. The quantitative estimate of drug-likeness (QED) is 0.657. The first-order valence-electron chi connectivity index (χ1n) is 9.05. The first-order valence-corrected chi connectivity index (χ1v) is 9.05. The van der Waals surface area contributed by atoms with Crippen LogP contribution in [0.5, 0.6) is 5.75 Å². The van der Waals surface area contributed by atoms with Crippen LogP contribution in [0.25, 0.3) is 0 Å². The lowest BCUT2D eigenvalue weighted by molar-refractivity contribution is -0.122. The number of rotatable bonds is 10. The predicted octanol–water partition coefficient (Wildman–Crippen LogP) is 2.80. The van der Waals surface area contributed by atoms with Crippen molar-refractivity contribution in [2.24, 2.45) is 0 Å². The Labute approximate surface area is 151 Å². The number of likely N-dealkylation sites (tertiary alicyclic amines) is 1. The van der Waals surface area contributed by atoms with Crippen LogP contribution in [-0.4, -0.2) is 56.8 Å². The van der Waals surface area contributed by atoms with Crippen molar-refractivity contribution >= 4 is 5.91 Å². The molecule has 0 aliphatic carbocycles. The van der Waals surface area contributed by atoms with E-state index in [1.54, 1.807) is 6.07 Å². The summed E-state index contributed by atoms with van der Waals surface area (Å²) in [5.41, 5.74) is 0.982. The zero-order valence-electron chi connectivity index (χ0n) is 15.2. The summed E-state index contributed by atoms with van der Waals surface area (Å²) in [4.78, 5) is 13.9. The van der Waals surface area contributed by atoms with E-state index in [9.17, 15) is 9.18 Å². The minimum absolute atomic E-state index is 0. The molecule has 1 aromatic carbocycles. The fraction of sp³-hybridized carbons (Fsp3) is 0.632. The molecule has 0 unspecified atom stereocenters. The summed E-state index contributed by atoms with van der Waals surface area (Å²) in [7, 11) is 0. The van der Waals surface area contributed by atoms with E-state index in [2.05, 4.69) is 10.2 Å². The van der Waals surface area contributed by atoms with Gasteiger partial charge in [0.1, 0.15) is 18.2 Å². The molecular formula is C19H31FN2O3. The van der Waals surface area contributed by atoms with Gasteiger partial charge < -0.3 is 14.8 Å². The van der Waals surface area contributed by atoms with E-state index in [0.29, 0.717) is 38.7 Å². The van der Waals surface area contributed by atoms with Crippen molar-refractivity contribution in [2.45, 2.75) is 32.6 Å². The van der Waals surface area contributed by atoms with Gasteiger partial charge in [-0.05, 0) is 43.5 Å². The number of nitrogens with zero attached hydrogens (tertiary/aromatic N) is 1. The van der Waals surface area contributed by atoms with Crippen molar-refractivity contribution in [1.82, 2.24) is 10.2 Å². The zero-order chi connectivity index (χ0) is 18.1. The highest BCUT2D eigenvalue weighted by Crippen LogP contribution is 2.27. The Morgan fingerprint density at radius 2 is 2.04 bits per heavy atom. The second-order valence-corrected chi connectivity index (χ2v) is 6.63.